The van der Waals surface area contributed by atoms with E-state index in [1.165, 1.54) is 5.56 Å². The number of likely N-dealkylation sites (tertiary alicyclic amines) is 1. The molecule has 1 saturated carbocycles. The molecule has 2 aliphatic rings. The number of hydrogen-bond acceptors (Lipinski definition) is 5. The number of hydrogen-bond donors (Lipinski definition) is 2. The zero-order valence-electron chi connectivity index (χ0n) is 18.4. The van der Waals surface area contributed by atoms with Crippen LogP contribution in [0.15, 0.2) is 54.6 Å². The van der Waals surface area contributed by atoms with Crippen LogP contribution in [0.4, 0.5) is 0 Å². The molecule has 168 valence electrons. The zero-order valence-corrected chi connectivity index (χ0v) is 18.4. The summed E-state index contributed by atoms with van der Waals surface area (Å²) in [6, 6.07) is 20.6. The summed E-state index contributed by atoms with van der Waals surface area (Å²) >= 11 is 0. The van der Waals surface area contributed by atoms with E-state index >= 15 is 0 Å². The predicted octanol–water partition coefficient (Wildman–Crippen LogP) is 3.64. The van der Waals surface area contributed by atoms with E-state index in [1.54, 1.807) is 12.1 Å². The van der Waals surface area contributed by atoms with Gasteiger partial charge in [-0.3, -0.25) is 4.79 Å². The standard InChI is InChI=1S/C26H31N3O3/c27-17-20-5-4-8-22(15-20)32-19-26(10-13-29(14-11-26)12-9-25(30)31)18-28-24-16-23(24)21-6-2-1-3-7-21/h1-8,15,23-24,28H,9-14,16,18-19H2,(H,30,31)/t23-,24+/m0/s1. The Morgan fingerprint density at radius 3 is 2.69 bits per heavy atom. The second-order valence-electron chi connectivity index (χ2n) is 9.15. The highest BCUT2D eigenvalue weighted by Crippen LogP contribution is 2.42. The zero-order chi connectivity index (χ0) is 22.4. The summed E-state index contributed by atoms with van der Waals surface area (Å²) < 4.78 is 6.19. The number of ether oxygens (including phenoxy) is 1. The van der Waals surface area contributed by atoms with Gasteiger partial charge in [0.15, 0.2) is 0 Å². The van der Waals surface area contributed by atoms with Crippen LogP contribution in [0.2, 0.25) is 0 Å². The van der Waals surface area contributed by atoms with Crippen molar-refractivity contribution >= 4 is 5.97 Å². The van der Waals surface area contributed by atoms with Crippen LogP contribution in [0.5, 0.6) is 5.75 Å². The van der Waals surface area contributed by atoms with Gasteiger partial charge in [-0.1, -0.05) is 36.4 Å². The van der Waals surface area contributed by atoms with E-state index in [1.807, 2.05) is 12.1 Å². The van der Waals surface area contributed by atoms with Crippen molar-refractivity contribution in [2.75, 3.05) is 32.8 Å². The molecule has 2 aromatic carbocycles. The molecule has 4 rings (SSSR count). The quantitative estimate of drug-likeness (QED) is 0.595. The Labute approximate surface area is 189 Å². The number of piperidine rings is 1. The van der Waals surface area contributed by atoms with Crippen LogP contribution in [0.3, 0.4) is 0 Å². The number of carboxylic acid groups (broad SMARTS) is 1. The summed E-state index contributed by atoms with van der Waals surface area (Å²) in [5.74, 6) is 0.562. The van der Waals surface area contributed by atoms with Crippen molar-refractivity contribution in [2.24, 2.45) is 5.41 Å². The summed E-state index contributed by atoms with van der Waals surface area (Å²) in [4.78, 5) is 13.2. The fourth-order valence-corrected chi connectivity index (χ4v) is 4.61. The molecule has 0 amide bonds. The molecule has 0 aromatic heterocycles. The third kappa shape index (κ3) is 5.87. The van der Waals surface area contributed by atoms with Crippen LogP contribution in [0, 0.1) is 16.7 Å². The first-order valence-corrected chi connectivity index (χ1v) is 11.4. The van der Waals surface area contributed by atoms with Gasteiger partial charge < -0.3 is 20.1 Å². The first-order valence-electron chi connectivity index (χ1n) is 11.4. The van der Waals surface area contributed by atoms with Gasteiger partial charge in [-0.2, -0.15) is 5.26 Å². The van der Waals surface area contributed by atoms with E-state index in [0.29, 0.717) is 30.7 Å². The average molecular weight is 434 g/mol. The van der Waals surface area contributed by atoms with Gasteiger partial charge >= 0.3 is 5.97 Å². The summed E-state index contributed by atoms with van der Waals surface area (Å²) in [5, 5.41) is 21.9. The summed E-state index contributed by atoms with van der Waals surface area (Å²) in [6.45, 7) is 3.82. The van der Waals surface area contributed by atoms with Crippen LogP contribution in [-0.4, -0.2) is 54.8 Å². The number of benzene rings is 2. The molecule has 2 fully saturated rings. The van der Waals surface area contributed by atoms with Crippen molar-refractivity contribution in [3.8, 4) is 11.8 Å². The summed E-state index contributed by atoms with van der Waals surface area (Å²) in [6.07, 6.45) is 3.26. The molecule has 0 unspecified atom stereocenters. The number of rotatable bonds is 10. The van der Waals surface area contributed by atoms with Gasteiger partial charge in [-0.05, 0) is 56.1 Å². The molecule has 0 spiro atoms. The van der Waals surface area contributed by atoms with Crippen molar-refractivity contribution in [1.82, 2.24) is 10.2 Å². The van der Waals surface area contributed by atoms with Gasteiger partial charge in [-0.15, -0.1) is 0 Å². The molecule has 2 atom stereocenters. The second-order valence-corrected chi connectivity index (χ2v) is 9.15. The monoisotopic (exact) mass is 433 g/mol. The molecule has 32 heavy (non-hydrogen) atoms. The first-order chi connectivity index (χ1) is 15.6. The van der Waals surface area contributed by atoms with Crippen LogP contribution in [0.1, 0.15) is 42.7 Å². The molecule has 2 N–H and O–H groups in total. The third-order valence-corrected chi connectivity index (χ3v) is 6.82. The fourth-order valence-electron chi connectivity index (χ4n) is 4.61. The largest absolute Gasteiger partial charge is 0.493 e. The normalized spacial score (nSPS) is 22.1. The molecule has 1 aliphatic heterocycles. The molecule has 1 saturated heterocycles. The molecular weight excluding hydrogens is 402 g/mol. The lowest BCUT2D eigenvalue weighted by molar-refractivity contribution is -0.137. The topological polar surface area (TPSA) is 85.6 Å². The predicted molar refractivity (Wildman–Crippen MR) is 123 cm³/mol. The highest BCUT2D eigenvalue weighted by Gasteiger charge is 2.41. The highest BCUT2D eigenvalue weighted by molar-refractivity contribution is 5.66. The van der Waals surface area contributed by atoms with E-state index in [9.17, 15) is 4.79 Å². The molecule has 0 radical (unpaired) electrons. The minimum Gasteiger partial charge on any atom is -0.493 e. The Kier molecular flexibility index (Phi) is 7.09. The maximum Gasteiger partial charge on any atom is 0.304 e. The third-order valence-electron chi connectivity index (χ3n) is 6.82. The van der Waals surface area contributed by atoms with Gasteiger partial charge in [0, 0.05) is 30.5 Å². The van der Waals surface area contributed by atoms with Gasteiger partial charge in [0.25, 0.3) is 0 Å². The highest BCUT2D eigenvalue weighted by atomic mass is 16.5. The molecule has 2 aromatic rings. The minimum atomic E-state index is -0.745. The number of nitrogens with one attached hydrogen (secondary N) is 1. The lowest BCUT2D eigenvalue weighted by Crippen LogP contribution is -2.49. The smallest absolute Gasteiger partial charge is 0.304 e. The number of nitriles is 1. The van der Waals surface area contributed by atoms with E-state index in [2.05, 4.69) is 46.6 Å². The lowest BCUT2D eigenvalue weighted by atomic mass is 9.78. The minimum absolute atomic E-state index is 0.00774. The number of nitrogens with zero attached hydrogens (tertiary/aromatic N) is 2. The van der Waals surface area contributed by atoms with Crippen molar-refractivity contribution in [3.05, 3.63) is 65.7 Å². The van der Waals surface area contributed by atoms with E-state index in [4.69, 9.17) is 15.1 Å². The van der Waals surface area contributed by atoms with Gasteiger partial charge in [0.1, 0.15) is 5.75 Å². The Morgan fingerprint density at radius 1 is 1.19 bits per heavy atom. The summed E-state index contributed by atoms with van der Waals surface area (Å²) in [5.41, 5.74) is 1.99. The van der Waals surface area contributed by atoms with E-state index in [0.717, 1.165) is 44.6 Å². The number of carboxylic acids is 1. The molecule has 6 nitrogen and oxygen atoms in total. The van der Waals surface area contributed by atoms with Crippen molar-refractivity contribution in [3.63, 3.8) is 0 Å². The van der Waals surface area contributed by atoms with Gasteiger partial charge in [0.2, 0.25) is 0 Å². The van der Waals surface area contributed by atoms with Crippen molar-refractivity contribution < 1.29 is 14.6 Å². The Balaban J connectivity index is 1.36. The van der Waals surface area contributed by atoms with Gasteiger partial charge in [-0.25, -0.2) is 0 Å². The van der Waals surface area contributed by atoms with E-state index in [-0.39, 0.29) is 11.8 Å². The molecule has 1 aliphatic carbocycles. The fraction of sp³-hybridized carbons (Fsp3) is 0.462. The lowest BCUT2D eigenvalue weighted by Gasteiger charge is -2.42. The SMILES string of the molecule is N#Cc1cccc(OCC2(CN[C@@H]3C[C@H]3c3ccccc3)CCN(CCC(=O)O)CC2)c1. The first kappa shape index (κ1) is 22.3. The second kappa shape index (κ2) is 10.2. The van der Waals surface area contributed by atoms with Crippen LogP contribution in [-0.2, 0) is 4.79 Å². The van der Waals surface area contributed by atoms with Gasteiger partial charge in [0.05, 0.1) is 24.7 Å². The molecule has 6 heteroatoms. The van der Waals surface area contributed by atoms with Crippen molar-refractivity contribution in [2.45, 2.75) is 37.6 Å². The van der Waals surface area contributed by atoms with Crippen LogP contribution in [0.25, 0.3) is 0 Å². The maximum atomic E-state index is 10.9. The average Bonchev–Trinajstić information content (AvgIpc) is 3.62. The molecule has 1 heterocycles. The number of carbonyl (C=O) groups is 1. The van der Waals surface area contributed by atoms with Crippen molar-refractivity contribution in [1.29, 1.82) is 5.26 Å². The summed E-state index contributed by atoms with van der Waals surface area (Å²) in [7, 11) is 0. The molecular formula is C26H31N3O3. The van der Waals surface area contributed by atoms with Crippen LogP contribution < -0.4 is 10.1 Å². The van der Waals surface area contributed by atoms with E-state index < -0.39 is 5.97 Å². The van der Waals surface area contributed by atoms with Crippen LogP contribution >= 0.6 is 0 Å². The number of aliphatic carboxylic acids is 1. The Bertz CT molecular complexity index is 948. The Morgan fingerprint density at radius 2 is 1.97 bits per heavy atom. The maximum absolute atomic E-state index is 10.9. The Hall–Kier alpha value is -2.88. The molecule has 0 bridgehead atoms.